The monoisotopic (exact) mass is 428 g/mol. The molecule has 0 aromatic heterocycles. The van der Waals surface area contributed by atoms with Crippen LogP contribution in [0.5, 0.6) is 0 Å². The fraction of sp³-hybridized carbons (Fsp3) is 0.500. The number of halogens is 4. The van der Waals surface area contributed by atoms with Gasteiger partial charge in [0, 0.05) is 6.54 Å². The van der Waals surface area contributed by atoms with Gasteiger partial charge in [-0.2, -0.15) is 0 Å². The lowest BCUT2D eigenvalue weighted by molar-refractivity contribution is -0.153. The van der Waals surface area contributed by atoms with Crippen LogP contribution < -0.4 is 5.73 Å². The van der Waals surface area contributed by atoms with E-state index in [1.807, 2.05) is 30.3 Å². The average Bonchev–Trinajstić information content (AvgIpc) is 3.01. The minimum Gasteiger partial charge on any atom is -0.460 e. The SMILES string of the molecule is Cl.N[C@H](Cc1ccccc1)C(=O)N1CCC[C@H]1C(=O)OCC(Cl)(Cl)Cl. The van der Waals surface area contributed by atoms with E-state index in [-0.39, 0.29) is 24.9 Å². The van der Waals surface area contributed by atoms with Crippen LogP contribution in [0, 0.1) is 0 Å². The lowest BCUT2D eigenvalue weighted by atomic mass is 10.1. The summed E-state index contributed by atoms with van der Waals surface area (Å²) in [7, 11) is 0. The van der Waals surface area contributed by atoms with Crippen LogP contribution in [0.25, 0.3) is 0 Å². The second-order valence-electron chi connectivity index (χ2n) is 5.71. The molecule has 1 fully saturated rings. The third-order valence-corrected chi connectivity index (χ3v) is 4.13. The maximum Gasteiger partial charge on any atom is 0.329 e. The van der Waals surface area contributed by atoms with Gasteiger partial charge in [0.25, 0.3) is 0 Å². The van der Waals surface area contributed by atoms with Gasteiger partial charge in [-0.05, 0) is 24.8 Å². The van der Waals surface area contributed by atoms with Gasteiger partial charge < -0.3 is 15.4 Å². The molecule has 2 atom stereocenters. The second-order valence-corrected chi connectivity index (χ2v) is 8.22. The van der Waals surface area contributed by atoms with Crippen LogP contribution in [-0.2, 0) is 20.7 Å². The minimum absolute atomic E-state index is 0. The largest absolute Gasteiger partial charge is 0.460 e. The molecule has 0 bridgehead atoms. The third kappa shape index (κ3) is 6.83. The number of benzene rings is 1. The van der Waals surface area contributed by atoms with Gasteiger partial charge in [0.1, 0.15) is 12.6 Å². The number of alkyl halides is 3. The van der Waals surface area contributed by atoms with Crippen molar-refractivity contribution in [2.45, 2.75) is 35.1 Å². The van der Waals surface area contributed by atoms with Crippen LogP contribution in [0.3, 0.4) is 0 Å². The molecule has 0 unspecified atom stereocenters. The van der Waals surface area contributed by atoms with Gasteiger partial charge in [0.15, 0.2) is 0 Å². The maximum absolute atomic E-state index is 12.6. The first kappa shape index (κ1) is 22.3. The molecule has 0 spiro atoms. The van der Waals surface area contributed by atoms with E-state index in [1.54, 1.807) is 0 Å². The van der Waals surface area contributed by atoms with Crippen LogP contribution in [0.4, 0.5) is 0 Å². The molecule has 0 saturated carbocycles. The highest BCUT2D eigenvalue weighted by Crippen LogP contribution is 2.27. The Kier molecular flexibility index (Phi) is 8.78. The fourth-order valence-electron chi connectivity index (χ4n) is 2.69. The Morgan fingerprint density at radius 3 is 2.52 bits per heavy atom. The molecule has 9 heteroatoms. The van der Waals surface area contributed by atoms with Gasteiger partial charge in [-0.15, -0.1) is 12.4 Å². The molecule has 1 heterocycles. The summed E-state index contributed by atoms with van der Waals surface area (Å²) < 4.78 is 3.33. The number of nitrogens with two attached hydrogens (primary N) is 1. The van der Waals surface area contributed by atoms with Gasteiger partial charge in [0.05, 0.1) is 6.04 Å². The minimum atomic E-state index is -1.67. The summed E-state index contributed by atoms with van der Waals surface area (Å²) in [6.45, 7) is 0.111. The van der Waals surface area contributed by atoms with Crippen molar-refractivity contribution in [2.24, 2.45) is 5.73 Å². The molecule has 0 radical (unpaired) electrons. The normalized spacial score (nSPS) is 18.4. The molecule has 1 aliphatic heterocycles. The Bertz CT molecular complexity index is 580. The number of rotatable bonds is 5. The molecule has 140 valence electrons. The highest BCUT2D eigenvalue weighted by molar-refractivity contribution is 6.67. The van der Waals surface area contributed by atoms with Gasteiger partial charge in [-0.25, -0.2) is 4.79 Å². The van der Waals surface area contributed by atoms with Crippen molar-refractivity contribution in [1.29, 1.82) is 0 Å². The van der Waals surface area contributed by atoms with Crippen LogP contribution in [0.15, 0.2) is 30.3 Å². The van der Waals surface area contributed by atoms with Crippen molar-refractivity contribution in [1.82, 2.24) is 4.90 Å². The first-order valence-corrected chi connectivity index (χ1v) is 8.74. The number of hydrogen-bond donors (Lipinski definition) is 1. The fourth-order valence-corrected chi connectivity index (χ4v) is 2.86. The van der Waals surface area contributed by atoms with Gasteiger partial charge in [-0.3, -0.25) is 4.79 Å². The van der Waals surface area contributed by atoms with Crippen LogP contribution in [0.2, 0.25) is 0 Å². The van der Waals surface area contributed by atoms with Crippen molar-refractivity contribution in [3.63, 3.8) is 0 Å². The van der Waals surface area contributed by atoms with E-state index in [2.05, 4.69) is 0 Å². The zero-order valence-corrected chi connectivity index (χ0v) is 16.5. The molecule has 1 aromatic rings. The number of nitrogens with zero attached hydrogens (tertiary/aromatic N) is 1. The van der Waals surface area contributed by atoms with Crippen molar-refractivity contribution >= 4 is 59.1 Å². The lowest BCUT2D eigenvalue weighted by Gasteiger charge is -2.26. The zero-order chi connectivity index (χ0) is 17.7. The van der Waals surface area contributed by atoms with Crippen LogP contribution >= 0.6 is 47.2 Å². The Labute approximate surface area is 168 Å². The van der Waals surface area contributed by atoms with Crippen molar-refractivity contribution < 1.29 is 14.3 Å². The predicted octanol–water partition coefficient (Wildman–Crippen LogP) is 2.88. The Hall–Kier alpha value is -0.720. The van der Waals surface area contributed by atoms with E-state index in [0.717, 1.165) is 5.56 Å². The Morgan fingerprint density at radius 2 is 1.92 bits per heavy atom. The summed E-state index contributed by atoms with van der Waals surface area (Å²) in [4.78, 5) is 26.2. The molecule has 1 amide bonds. The number of ether oxygens (including phenoxy) is 1. The van der Waals surface area contributed by atoms with E-state index >= 15 is 0 Å². The number of esters is 1. The molecule has 1 aromatic carbocycles. The zero-order valence-electron chi connectivity index (χ0n) is 13.4. The number of likely N-dealkylation sites (tertiary alicyclic amines) is 1. The quantitative estimate of drug-likeness (QED) is 0.576. The van der Waals surface area contributed by atoms with E-state index in [1.165, 1.54) is 4.90 Å². The number of carbonyl (C=O) groups excluding carboxylic acids is 2. The van der Waals surface area contributed by atoms with E-state index < -0.39 is 21.8 Å². The Balaban J connectivity index is 0.00000312. The molecule has 0 aliphatic carbocycles. The standard InChI is InChI=1S/C16H19Cl3N2O3.ClH/c17-16(18,19)10-24-15(23)13-7-4-8-21(13)14(22)12(20)9-11-5-2-1-3-6-11;/h1-3,5-6,12-13H,4,7-10,20H2;1H/t12-,13+;/m1./s1. The lowest BCUT2D eigenvalue weighted by Crippen LogP contribution is -2.49. The van der Waals surface area contributed by atoms with Crippen LogP contribution in [-0.4, -0.2) is 45.8 Å². The molecule has 2 rings (SSSR count). The Morgan fingerprint density at radius 1 is 1.28 bits per heavy atom. The van der Waals surface area contributed by atoms with Crippen LogP contribution in [0.1, 0.15) is 18.4 Å². The molecule has 5 nitrogen and oxygen atoms in total. The van der Waals surface area contributed by atoms with E-state index in [0.29, 0.717) is 25.8 Å². The molecular formula is C16H20Cl4N2O3. The first-order valence-electron chi connectivity index (χ1n) is 7.61. The molecule has 2 N–H and O–H groups in total. The highest BCUT2D eigenvalue weighted by Gasteiger charge is 2.38. The summed E-state index contributed by atoms with van der Waals surface area (Å²) in [5.74, 6) is -0.841. The molecule has 1 aliphatic rings. The third-order valence-electron chi connectivity index (χ3n) is 3.80. The molecule has 25 heavy (non-hydrogen) atoms. The summed E-state index contributed by atoms with van der Waals surface area (Å²) in [6, 6.07) is 8.10. The maximum atomic E-state index is 12.6. The number of amides is 1. The van der Waals surface area contributed by atoms with Crippen molar-refractivity contribution in [3.8, 4) is 0 Å². The highest BCUT2D eigenvalue weighted by atomic mass is 35.6. The summed E-state index contributed by atoms with van der Waals surface area (Å²) in [6.07, 6.45) is 1.63. The van der Waals surface area contributed by atoms with Gasteiger partial charge in [-0.1, -0.05) is 65.1 Å². The summed E-state index contributed by atoms with van der Waals surface area (Å²) in [5, 5.41) is 0. The predicted molar refractivity (Wildman–Crippen MR) is 101 cm³/mol. The van der Waals surface area contributed by atoms with Gasteiger partial charge >= 0.3 is 5.97 Å². The van der Waals surface area contributed by atoms with E-state index in [4.69, 9.17) is 45.3 Å². The summed E-state index contributed by atoms with van der Waals surface area (Å²) >= 11 is 16.7. The first-order chi connectivity index (χ1) is 11.3. The molecule has 1 saturated heterocycles. The van der Waals surface area contributed by atoms with Gasteiger partial charge in [0.2, 0.25) is 9.70 Å². The van der Waals surface area contributed by atoms with Crippen molar-refractivity contribution in [2.75, 3.05) is 13.2 Å². The van der Waals surface area contributed by atoms with Crippen molar-refractivity contribution in [3.05, 3.63) is 35.9 Å². The smallest absolute Gasteiger partial charge is 0.329 e. The number of hydrogen-bond acceptors (Lipinski definition) is 4. The second kappa shape index (κ2) is 9.83. The average molecular weight is 430 g/mol. The summed E-state index contributed by atoms with van der Waals surface area (Å²) in [5.41, 5.74) is 6.99. The molecular weight excluding hydrogens is 410 g/mol. The number of carbonyl (C=O) groups is 2. The van der Waals surface area contributed by atoms with E-state index in [9.17, 15) is 9.59 Å². The topological polar surface area (TPSA) is 72.6 Å².